The van der Waals surface area contributed by atoms with E-state index in [1.54, 1.807) is 0 Å². The highest BCUT2D eigenvalue weighted by Gasteiger charge is 2.37. The van der Waals surface area contributed by atoms with Crippen LogP contribution < -0.4 is 9.47 Å². The van der Waals surface area contributed by atoms with Gasteiger partial charge in [-0.2, -0.15) is 0 Å². The second-order valence-corrected chi connectivity index (χ2v) is 12.7. The van der Waals surface area contributed by atoms with Gasteiger partial charge in [0.05, 0.1) is 30.4 Å². The molecule has 0 aliphatic heterocycles. The van der Waals surface area contributed by atoms with Gasteiger partial charge in [0.25, 0.3) is 0 Å². The average molecular weight is 789 g/mol. The molecule has 2 N–H and O–H groups in total. The van der Waals surface area contributed by atoms with Crippen LogP contribution in [0, 0.1) is 12.3 Å². The quantitative estimate of drug-likeness (QED) is 0.134. The lowest BCUT2D eigenvalue weighted by Crippen LogP contribution is -2.31. The van der Waals surface area contributed by atoms with Crippen molar-refractivity contribution in [3.63, 3.8) is 0 Å². The number of aliphatic hydroxyl groups excluding tert-OH is 2. The van der Waals surface area contributed by atoms with Crippen LogP contribution in [-0.2, 0) is 10.2 Å². The fraction of sp³-hybridized carbons (Fsp3) is 0.481. The van der Waals surface area contributed by atoms with Crippen molar-refractivity contribution in [2.24, 2.45) is 0 Å². The number of halogens is 5. The zero-order valence-electron chi connectivity index (χ0n) is 20.1. The molecular formula is C27H29Br4ClO5. The van der Waals surface area contributed by atoms with Crippen LogP contribution >= 0.6 is 75.3 Å². The Morgan fingerprint density at radius 1 is 0.811 bits per heavy atom. The molecule has 0 amide bonds. The molecule has 1 saturated carbocycles. The summed E-state index contributed by atoms with van der Waals surface area (Å²) in [6, 6.07) is 8.43. The average Bonchev–Trinajstić information content (AvgIpc) is 2.87. The minimum atomic E-state index is -0.794. The number of alkyl halides is 1. The first-order chi connectivity index (χ1) is 17.7. The Hall–Kier alpha value is -0.310. The Morgan fingerprint density at radius 3 is 1.70 bits per heavy atom. The van der Waals surface area contributed by atoms with Crippen molar-refractivity contribution in [1.82, 2.24) is 0 Å². The summed E-state index contributed by atoms with van der Waals surface area (Å²) >= 11 is 20.4. The first-order valence-electron chi connectivity index (χ1n) is 11.9. The van der Waals surface area contributed by atoms with E-state index in [1.807, 2.05) is 0 Å². The molecule has 37 heavy (non-hydrogen) atoms. The molecule has 2 aromatic carbocycles. The molecule has 202 valence electrons. The topological polar surface area (TPSA) is 68.2 Å². The number of aliphatic hydroxyl groups is 2. The fourth-order valence-electron chi connectivity index (χ4n) is 4.55. The minimum absolute atomic E-state index is 0.0754. The van der Waals surface area contributed by atoms with Gasteiger partial charge in [0.1, 0.15) is 43.5 Å². The maximum atomic E-state index is 10.1. The Morgan fingerprint density at radius 2 is 1.27 bits per heavy atom. The molecule has 3 rings (SSSR count). The van der Waals surface area contributed by atoms with E-state index in [0.717, 1.165) is 43.6 Å². The van der Waals surface area contributed by atoms with E-state index in [-0.39, 0.29) is 37.7 Å². The van der Waals surface area contributed by atoms with Gasteiger partial charge in [-0.05, 0) is 112 Å². The van der Waals surface area contributed by atoms with Crippen molar-refractivity contribution >= 4 is 75.3 Å². The monoisotopic (exact) mass is 784 g/mol. The van der Waals surface area contributed by atoms with Crippen molar-refractivity contribution in [3.8, 4) is 23.8 Å². The zero-order chi connectivity index (χ0) is 27.0. The number of terminal acetylenes is 1. The second kappa shape index (κ2) is 14.9. The summed E-state index contributed by atoms with van der Waals surface area (Å²) in [4.78, 5) is 0. The van der Waals surface area contributed by atoms with E-state index in [4.69, 9.17) is 32.2 Å². The van der Waals surface area contributed by atoms with Crippen molar-refractivity contribution in [2.45, 2.75) is 49.7 Å². The van der Waals surface area contributed by atoms with Gasteiger partial charge in [-0.15, -0.1) is 18.0 Å². The minimum Gasteiger partial charge on any atom is -0.488 e. The fourth-order valence-corrected chi connectivity index (χ4v) is 7.47. The Labute approximate surface area is 257 Å². The first kappa shape index (κ1) is 31.2. The lowest BCUT2D eigenvalue weighted by Gasteiger charge is -2.39. The van der Waals surface area contributed by atoms with Crippen LogP contribution in [0.3, 0.4) is 0 Å². The van der Waals surface area contributed by atoms with Crippen LogP contribution in [0.1, 0.15) is 43.2 Å². The van der Waals surface area contributed by atoms with Crippen LogP contribution in [0.4, 0.5) is 0 Å². The van der Waals surface area contributed by atoms with Crippen molar-refractivity contribution < 1.29 is 24.4 Å². The SMILES string of the molecule is C#CCOC[C@H](O)COc1c(Br)cc(C2(c3cc(Br)c(OC[C@H](O)CCl)c(Br)c3)CCCCC2)cc1Br. The molecule has 0 aromatic heterocycles. The van der Waals surface area contributed by atoms with Crippen molar-refractivity contribution in [3.05, 3.63) is 53.3 Å². The number of ether oxygens (including phenoxy) is 3. The molecule has 0 spiro atoms. The molecule has 1 fully saturated rings. The highest BCUT2D eigenvalue weighted by atomic mass is 79.9. The summed E-state index contributed by atoms with van der Waals surface area (Å²) in [6.07, 6.45) is 9.08. The van der Waals surface area contributed by atoms with Crippen LogP contribution in [0.15, 0.2) is 42.2 Å². The highest BCUT2D eigenvalue weighted by Crippen LogP contribution is 2.50. The third kappa shape index (κ3) is 8.11. The van der Waals surface area contributed by atoms with Crippen molar-refractivity contribution in [1.29, 1.82) is 0 Å². The molecular weight excluding hydrogens is 759 g/mol. The van der Waals surface area contributed by atoms with Crippen molar-refractivity contribution in [2.75, 3.05) is 32.3 Å². The maximum Gasteiger partial charge on any atom is 0.147 e. The number of rotatable bonds is 12. The largest absolute Gasteiger partial charge is 0.488 e. The van der Waals surface area contributed by atoms with E-state index < -0.39 is 12.2 Å². The molecule has 0 radical (unpaired) electrons. The van der Waals surface area contributed by atoms with Gasteiger partial charge >= 0.3 is 0 Å². The predicted octanol–water partition coefficient (Wildman–Crippen LogP) is 7.35. The molecule has 2 aromatic rings. The third-order valence-corrected chi connectivity index (χ3v) is 9.04. The summed E-state index contributed by atoms with van der Waals surface area (Å²) < 4.78 is 20.1. The summed E-state index contributed by atoms with van der Waals surface area (Å²) in [5.41, 5.74) is 2.13. The molecule has 0 heterocycles. The van der Waals surface area contributed by atoms with Gasteiger partial charge in [-0.3, -0.25) is 0 Å². The smallest absolute Gasteiger partial charge is 0.147 e. The predicted molar refractivity (Wildman–Crippen MR) is 161 cm³/mol. The van der Waals surface area contributed by atoms with E-state index >= 15 is 0 Å². The molecule has 1 aliphatic carbocycles. The summed E-state index contributed by atoms with van der Waals surface area (Å²) in [7, 11) is 0. The van der Waals surface area contributed by atoms with Gasteiger partial charge in [-0.1, -0.05) is 25.2 Å². The van der Waals surface area contributed by atoms with Gasteiger partial charge in [0, 0.05) is 5.41 Å². The van der Waals surface area contributed by atoms with Crippen LogP contribution in [0.5, 0.6) is 11.5 Å². The Bertz CT molecular complexity index is 1050. The normalized spacial score (nSPS) is 16.6. The molecule has 0 unspecified atom stereocenters. The Balaban J connectivity index is 1.90. The standard InChI is InChI=1S/C27H29Br4ClO5/c1-2-8-35-14-20(34)16-37-26-23(30)11-18(12-24(26)31)27(6-4-3-5-7-27)17-9-21(28)25(22(29)10-17)36-15-19(33)13-32/h1,9-12,19-20,33-34H,3-8,13-16H2/t19-,20+/m1/s1. The van der Waals surface area contributed by atoms with Gasteiger partial charge in [-0.25, -0.2) is 0 Å². The second-order valence-electron chi connectivity index (χ2n) is 8.98. The van der Waals surface area contributed by atoms with Crippen LogP contribution in [-0.4, -0.2) is 54.7 Å². The first-order valence-corrected chi connectivity index (χ1v) is 15.6. The van der Waals surface area contributed by atoms with Crippen LogP contribution in [0.2, 0.25) is 0 Å². The number of hydrogen-bond donors (Lipinski definition) is 2. The molecule has 0 saturated heterocycles. The van der Waals surface area contributed by atoms with Gasteiger partial charge < -0.3 is 24.4 Å². The Kier molecular flexibility index (Phi) is 12.6. The summed E-state index contributed by atoms with van der Waals surface area (Å²) in [6.45, 7) is 0.439. The van der Waals surface area contributed by atoms with Gasteiger partial charge in [0.15, 0.2) is 0 Å². The third-order valence-electron chi connectivity index (χ3n) is 6.32. The number of hydrogen-bond acceptors (Lipinski definition) is 5. The van der Waals surface area contributed by atoms with Crippen LogP contribution in [0.25, 0.3) is 0 Å². The highest BCUT2D eigenvalue weighted by molar-refractivity contribution is 9.11. The zero-order valence-corrected chi connectivity index (χ0v) is 27.2. The van der Waals surface area contributed by atoms with E-state index in [0.29, 0.717) is 11.5 Å². The molecule has 0 bridgehead atoms. The number of benzene rings is 2. The maximum absolute atomic E-state index is 10.1. The van der Waals surface area contributed by atoms with E-state index in [9.17, 15) is 10.2 Å². The van der Waals surface area contributed by atoms with E-state index in [1.165, 1.54) is 17.5 Å². The van der Waals surface area contributed by atoms with Gasteiger partial charge in [0.2, 0.25) is 0 Å². The molecule has 10 heteroatoms. The van der Waals surface area contributed by atoms with E-state index in [2.05, 4.69) is 93.9 Å². The molecule has 5 nitrogen and oxygen atoms in total. The molecule has 1 aliphatic rings. The lowest BCUT2D eigenvalue weighted by atomic mass is 9.65. The molecule has 2 atom stereocenters. The summed E-state index contributed by atoms with van der Waals surface area (Å²) in [5.74, 6) is 3.74. The lowest BCUT2D eigenvalue weighted by molar-refractivity contribution is 0.0225. The summed E-state index contributed by atoms with van der Waals surface area (Å²) in [5, 5.41) is 19.9.